The summed E-state index contributed by atoms with van der Waals surface area (Å²) in [6.07, 6.45) is 0. The topological polar surface area (TPSA) is 88.2 Å². The maximum Gasteiger partial charge on any atom is 0.325 e. The first kappa shape index (κ1) is 19.8. The minimum atomic E-state index is -1.28. The highest BCUT2D eigenvalue weighted by Crippen LogP contribution is 2.37. The van der Waals surface area contributed by atoms with Gasteiger partial charge in [0.2, 0.25) is 12.7 Å². The summed E-state index contributed by atoms with van der Waals surface area (Å²) in [7, 11) is 0. The van der Waals surface area contributed by atoms with Crippen LogP contribution >= 0.6 is 0 Å². The predicted molar refractivity (Wildman–Crippen MR) is 108 cm³/mol. The molecular weight excluding hydrogens is 386 g/mol. The summed E-state index contributed by atoms with van der Waals surface area (Å²) in [4.78, 5) is 41.2. The first-order valence-corrected chi connectivity index (χ1v) is 9.78. The van der Waals surface area contributed by atoms with Crippen LogP contribution in [0, 0.1) is 0 Å². The fourth-order valence-electron chi connectivity index (χ4n) is 3.66. The van der Waals surface area contributed by atoms with Crippen molar-refractivity contribution in [2.24, 2.45) is 0 Å². The molecule has 0 saturated carbocycles. The van der Waals surface area contributed by atoms with Gasteiger partial charge in [0.1, 0.15) is 12.1 Å². The molecule has 2 heterocycles. The second-order valence-electron chi connectivity index (χ2n) is 7.41. The Kier molecular flexibility index (Phi) is 5.07. The Balaban J connectivity index is 1.50. The molecule has 0 aromatic heterocycles. The van der Waals surface area contributed by atoms with Crippen LogP contribution in [0.5, 0.6) is 11.5 Å². The number of fused-ring (bicyclic) bond motifs is 1. The molecule has 1 fully saturated rings. The van der Waals surface area contributed by atoms with Crippen molar-refractivity contribution >= 4 is 17.8 Å². The van der Waals surface area contributed by atoms with E-state index in [1.807, 2.05) is 37.3 Å². The highest BCUT2D eigenvalue weighted by molar-refractivity contribution is 6.09. The molecule has 0 radical (unpaired) electrons. The van der Waals surface area contributed by atoms with Crippen LogP contribution in [0.4, 0.5) is 4.79 Å². The summed E-state index contributed by atoms with van der Waals surface area (Å²) < 4.78 is 10.7. The molecule has 8 nitrogen and oxygen atoms in total. The molecule has 2 aromatic rings. The van der Waals surface area contributed by atoms with E-state index >= 15 is 0 Å². The van der Waals surface area contributed by atoms with E-state index in [1.54, 1.807) is 30.0 Å². The Labute approximate surface area is 174 Å². The van der Waals surface area contributed by atoms with Crippen molar-refractivity contribution in [2.75, 3.05) is 19.9 Å². The van der Waals surface area contributed by atoms with Gasteiger partial charge in [-0.25, -0.2) is 4.79 Å². The average molecular weight is 409 g/mol. The molecule has 2 aliphatic heterocycles. The zero-order valence-corrected chi connectivity index (χ0v) is 16.9. The summed E-state index contributed by atoms with van der Waals surface area (Å²) in [5.41, 5.74) is 0.265. The van der Waals surface area contributed by atoms with Crippen molar-refractivity contribution in [3.63, 3.8) is 0 Å². The van der Waals surface area contributed by atoms with E-state index in [1.165, 1.54) is 0 Å². The molecular formula is C22H23N3O5. The van der Waals surface area contributed by atoms with Crippen LogP contribution in [0.25, 0.3) is 0 Å². The number of hydrogen-bond donors (Lipinski definition) is 1. The molecule has 1 atom stereocenters. The maximum absolute atomic E-state index is 13.1. The Bertz CT molecular complexity index is 994. The summed E-state index contributed by atoms with van der Waals surface area (Å²) >= 11 is 0. The summed E-state index contributed by atoms with van der Waals surface area (Å²) in [6.45, 7) is 4.17. The number of nitrogens with zero attached hydrogens (tertiary/aromatic N) is 2. The van der Waals surface area contributed by atoms with Gasteiger partial charge < -0.3 is 19.7 Å². The summed E-state index contributed by atoms with van der Waals surface area (Å²) in [5, 5.41) is 2.72. The van der Waals surface area contributed by atoms with Gasteiger partial charge in [0.15, 0.2) is 11.5 Å². The second-order valence-corrected chi connectivity index (χ2v) is 7.41. The molecule has 1 N–H and O–H groups in total. The first-order chi connectivity index (χ1) is 14.4. The Morgan fingerprint density at radius 2 is 1.87 bits per heavy atom. The van der Waals surface area contributed by atoms with E-state index in [0.717, 1.165) is 10.5 Å². The van der Waals surface area contributed by atoms with Crippen molar-refractivity contribution in [2.45, 2.75) is 25.9 Å². The number of benzene rings is 2. The summed E-state index contributed by atoms with van der Waals surface area (Å²) in [5.74, 6) is 0.339. The van der Waals surface area contributed by atoms with Crippen LogP contribution in [-0.2, 0) is 21.7 Å². The molecule has 0 aliphatic carbocycles. The largest absolute Gasteiger partial charge is 0.454 e. The maximum atomic E-state index is 13.1. The number of likely N-dealkylation sites (N-methyl/N-ethyl adjacent to an activating group) is 1. The fraction of sp³-hybridized carbons (Fsp3) is 0.318. The predicted octanol–water partition coefficient (Wildman–Crippen LogP) is 2.23. The van der Waals surface area contributed by atoms with Crippen molar-refractivity contribution in [1.82, 2.24) is 15.1 Å². The van der Waals surface area contributed by atoms with Gasteiger partial charge in [-0.3, -0.25) is 14.5 Å². The Morgan fingerprint density at radius 3 is 2.60 bits per heavy atom. The minimum absolute atomic E-state index is 0.116. The van der Waals surface area contributed by atoms with E-state index < -0.39 is 17.5 Å². The molecule has 30 heavy (non-hydrogen) atoms. The SMILES string of the molecule is CCN(Cc1ccccc1)C(=O)CN1C(=O)N[C@](C)(c2ccc3c(c2)OCO3)C1=O. The van der Waals surface area contributed by atoms with Gasteiger partial charge in [0.25, 0.3) is 5.91 Å². The highest BCUT2D eigenvalue weighted by atomic mass is 16.7. The quantitative estimate of drug-likeness (QED) is 0.740. The molecule has 0 bridgehead atoms. The van der Waals surface area contributed by atoms with Crippen LogP contribution in [0.2, 0.25) is 0 Å². The van der Waals surface area contributed by atoms with E-state index in [0.29, 0.717) is 30.2 Å². The average Bonchev–Trinajstić information content (AvgIpc) is 3.31. The second kappa shape index (κ2) is 7.70. The van der Waals surface area contributed by atoms with Gasteiger partial charge in [-0.1, -0.05) is 36.4 Å². The van der Waals surface area contributed by atoms with E-state index in [4.69, 9.17) is 9.47 Å². The Morgan fingerprint density at radius 1 is 1.13 bits per heavy atom. The first-order valence-electron chi connectivity index (χ1n) is 9.78. The van der Waals surface area contributed by atoms with Gasteiger partial charge in [0.05, 0.1) is 0 Å². The molecule has 0 unspecified atom stereocenters. The number of carbonyl (C=O) groups is 3. The number of hydrogen-bond acceptors (Lipinski definition) is 5. The molecule has 4 rings (SSSR count). The molecule has 8 heteroatoms. The monoisotopic (exact) mass is 409 g/mol. The standard InChI is InChI=1S/C22H23N3O5/c1-3-24(12-15-7-5-4-6-8-15)19(26)13-25-20(27)22(2,23-21(25)28)16-9-10-17-18(11-16)30-14-29-17/h4-11H,3,12-14H2,1-2H3,(H,23,28)/t22-/m1/s1. The number of rotatable bonds is 6. The van der Waals surface area contributed by atoms with Gasteiger partial charge in [-0.05, 0) is 37.1 Å². The lowest BCUT2D eigenvalue weighted by atomic mass is 9.91. The van der Waals surface area contributed by atoms with Crippen LogP contribution < -0.4 is 14.8 Å². The lowest BCUT2D eigenvalue weighted by Gasteiger charge is -2.25. The molecule has 2 aliphatic rings. The molecule has 2 aromatic carbocycles. The van der Waals surface area contributed by atoms with Crippen molar-refractivity contribution in [1.29, 1.82) is 0 Å². The van der Waals surface area contributed by atoms with E-state index in [2.05, 4.69) is 5.32 Å². The van der Waals surface area contributed by atoms with Crippen LogP contribution in [-0.4, -0.2) is 47.5 Å². The van der Waals surface area contributed by atoms with Crippen LogP contribution in [0.1, 0.15) is 25.0 Å². The van der Waals surface area contributed by atoms with Crippen LogP contribution in [0.15, 0.2) is 48.5 Å². The van der Waals surface area contributed by atoms with E-state index in [-0.39, 0.29) is 19.2 Å². The van der Waals surface area contributed by atoms with Gasteiger partial charge in [-0.15, -0.1) is 0 Å². The van der Waals surface area contributed by atoms with Crippen molar-refractivity contribution in [3.8, 4) is 11.5 Å². The van der Waals surface area contributed by atoms with Crippen molar-refractivity contribution < 1.29 is 23.9 Å². The molecule has 4 amide bonds. The van der Waals surface area contributed by atoms with E-state index in [9.17, 15) is 14.4 Å². The molecule has 0 spiro atoms. The van der Waals surface area contributed by atoms with Gasteiger partial charge in [-0.2, -0.15) is 0 Å². The molecule has 1 saturated heterocycles. The van der Waals surface area contributed by atoms with Gasteiger partial charge in [0, 0.05) is 13.1 Å². The van der Waals surface area contributed by atoms with Gasteiger partial charge >= 0.3 is 6.03 Å². The zero-order chi connectivity index (χ0) is 21.3. The number of carbonyl (C=O) groups excluding carboxylic acids is 3. The lowest BCUT2D eigenvalue weighted by molar-refractivity contribution is -0.139. The number of nitrogens with one attached hydrogen (secondary N) is 1. The number of urea groups is 1. The minimum Gasteiger partial charge on any atom is -0.454 e. The lowest BCUT2D eigenvalue weighted by Crippen LogP contribution is -2.44. The Hall–Kier alpha value is -3.55. The third-order valence-electron chi connectivity index (χ3n) is 5.47. The number of amides is 4. The third-order valence-corrected chi connectivity index (χ3v) is 5.47. The molecule has 156 valence electrons. The van der Waals surface area contributed by atoms with Crippen molar-refractivity contribution in [3.05, 3.63) is 59.7 Å². The zero-order valence-electron chi connectivity index (χ0n) is 16.9. The number of ether oxygens (including phenoxy) is 2. The highest BCUT2D eigenvalue weighted by Gasteiger charge is 2.50. The number of imide groups is 1. The normalized spacial score (nSPS) is 19.7. The smallest absolute Gasteiger partial charge is 0.325 e. The fourth-order valence-corrected chi connectivity index (χ4v) is 3.66. The third kappa shape index (κ3) is 3.45. The summed E-state index contributed by atoms with van der Waals surface area (Å²) in [6, 6.07) is 14.1. The van der Waals surface area contributed by atoms with Crippen LogP contribution in [0.3, 0.4) is 0 Å².